The Kier molecular flexibility index (Phi) is 5.77. The highest BCUT2D eigenvalue weighted by atomic mass is 16.5. The van der Waals surface area contributed by atoms with E-state index in [0.717, 1.165) is 25.8 Å². The molecule has 3 unspecified atom stereocenters. The molecule has 4 heteroatoms. The average molecular weight is 228 g/mol. The van der Waals surface area contributed by atoms with Gasteiger partial charge in [0.1, 0.15) is 0 Å². The van der Waals surface area contributed by atoms with E-state index in [4.69, 9.17) is 4.74 Å². The number of nitrogens with one attached hydrogen (secondary N) is 2. The Morgan fingerprint density at radius 3 is 3.00 bits per heavy atom. The van der Waals surface area contributed by atoms with Crippen molar-refractivity contribution < 1.29 is 9.53 Å². The Morgan fingerprint density at radius 2 is 2.38 bits per heavy atom. The molecule has 0 radical (unpaired) electrons. The zero-order chi connectivity index (χ0) is 12.0. The number of hydrogen-bond donors (Lipinski definition) is 2. The summed E-state index contributed by atoms with van der Waals surface area (Å²) in [6.07, 6.45) is 3.59. The van der Waals surface area contributed by atoms with Crippen LogP contribution in [0.15, 0.2) is 0 Å². The van der Waals surface area contributed by atoms with Crippen molar-refractivity contribution in [2.75, 3.05) is 13.7 Å². The van der Waals surface area contributed by atoms with Crippen LogP contribution in [0.1, 0.15) is 39.5 Å². The third-order valence-electron chi connectivity index (χ3n) is 3.17. The largest absolute Gasteiger partial charge is 0.382 e. The van der Waals surface area contributed by atoms with Gasteiger partial charge in [-0.15, -0.1) is 0 Å². The second kappa shape index (κ2) is 6.86. The highest BCUT2D eigenvalue weighted by Crippen LogP contribution is 2.09. The van der Waals surface area contributed by atoms with Gasteiger partial charge in [0.25, 0.3) is 0 Å². The van der Waals surface area contributed by atoms with Gasteiger partial charge in [0.2, 0.25) is 5.91 Å². The van der Waals surface area contributed by atoms with Crippen molar-refractivity contribution >= 4 is 5.91 Å². The molecule has 0 aliphatic carbocycles. The standard InChI is InChI=1S/C12H24N2O2/c1-9-8-11(6-7-13-9)14-12(15)5-4-10(2)16-3/h9-11,13H,4-8H2,1-3H3,(H,14,15). The molecule has 1 aliphatic rings. The molecule has 1 saturated heterocycles. The maximum Gasteiger partial charge on any atom is 0.220 e. The molecule has 1 rings (SSSR count). The fourth-order valence-electron chi connectivity index (χ4n) is 2.02. The maximum atomic E-state index is 11.7. The third-order valence-corrected chi connectivity index (χ3v) is 3.17. The molecule has 0 spiro atoms. The summed E-state index contributed by atoms with van der Waals surface area (Å²) in [4.78, 5) is 11.7. The van der Waals surface area contributed by atoms with Crippen LogP contribution < -0.4 is 10.6 Å². The Labute approximate surface area is 98.1 Å². The topological polar surface area (TPSA) is 50.4 Å². The molecule has 3 atom stereocenters. The lowest BCUT2D eigenvalue weighted by molar-refractivity contribution is -0.122. The first-order valence-electron chi connectivity index (χ1n) is 6.17. The summed E-state index contributed by atoms with van der Waals surface area (Å²) in [5, 5.41) is 6.47. The van der Waals surface area contributed by atoms with Gasteiger partial charge in [-0.25, -0.2) is 0 Å². The molecule has 0 bridgehead atoms. The molecule has 1 fully saturated rings. The third kappa shape index (κ3) is 4.94. The Bertz CT molecular complexity index is 221. The van der Waals surface area contributed by atoms with Crippen LogP contribution in [0.5, 0.6) is 0 Å². The molecule has 4 nitrogen and oxygen atoms in total. The number of carbonyl (C=O) groups is 1. The number of methoxy groups -OCH3 is 1. The summed E-state index contributed by atoms with van der Waals surface area (Å²) in [6, 6.07) is 0.860. The van der Waals surface area contributed by atoms with Crippen molar-refractivity contribution in [1.29, 1.82) is 0 Å². The minimum Gasteiger partial charge on any atom is -0.382 e. The van der Waals surface area contributed by atoms with E-state index in [9.17, 15) is 4.79 Å². The molecule has 0 aromatic carbocycles. The molecule has 94 valence electrons. The van der Waals surface area contributed by atoms with Crippen LogP contribution in [0.3, 0.4) is 0 Å². The van der Waals surface area contributed by atoms with E-state index in [0.29, 0.717) is 18.5 Å². The van der Waals surface area contributed by atoms with E-state index in [1.54, 1.807) is 7.11 Å². The van der Waals surface area contributed by atoms with E-state index in [1.165, 1.54) is 0 Å². The van der Waals surface area contributed by atoms with Crippen molar-refractivity contribution in [2.24, 2.45) is 0 Å². The smallest absolute Gasteiger partial charge is 0.220 e. The monoisotopic (exact) mass is 228 g/mol. The van der Waals surface area contributed by atoms with Crippen LogP contribution in [0, 0.1) is 0 Å². The predicted octanol–water partition coefficient (Wildman–Crippen LogP) is 1.06. The molecule has 1 aliphatic heterocycles. The summed E-state index contributed by atoms with van der Waals surface area (Å²) in [6.45, 7) is 5.14. The SMILES string of the molecule is COC(C)CCC(=O)NC1CCNC(C)C1. The molecule has 1 amide bonds. The van der Waals surface area contributed by atoms with E-state index < -0.39 is 0 Å². The summed E-state index contributed by atoms with van der Waals surface area (Å²) >= 11 is 0. The van der Waals surface area contributed by atoms with Crippen molar-refractivity contribution in [2.45, 2.75) is 57.7 Å². The zero-order valence-corrected chi connectivity index (χ0v) is 10.6. The fraction of sp³-hybridized carbons (Fsp3) is 0.917. The normalized spacial score (nSPS) is 27.4. The van der Waals surface area contributed by atoms with Gasteiger partial charge in [0.15, 0.2) is 0 Å². The molecule has 1 heterocycles. The molecular weight excluding hydrogens is 204 g/mol. The zero-order valence-electron chi connectivity index (χ0n) is 10.6. The number of amides is 1. The average Bonchev–Trinajstić information content (AvgIpc) is 2.26. The van der Waals surface area contributed by atoms with Gasteiger partial charge >= 0.3 is 0 Å². The van der Waals surface area contributed by atoms with Crippen molar-refractivity contribution in [3.63, 3.8) is 0 Å². The molecule has 0 aromatic rings. The van der Waals surface area contributed by atoms with Gasteiger partial charge in [0.05, 0.1) is 6.10 Å². The van der Waals surface area contributed by atoms with Crippen LogP contribution in [0.25, 0.3) is 0 Å². The van der Waals surface area contributed by atoms with E-state index in [-0.39, 0.29) is 12.0 Å². The van der Waals surface area contributed by atoms with Gasteiger partial charge in [-0.3, -0.25) is 4.79 Å². The Balaban J connectivity index is 2.18. The number of ether oxygens (including phenoxy) is 1. The maximum absolute atomic E-state index is 11.7. The van der Waals surface area contributed by atoms with Crippen molar-refractivity contribution in [1.82, 2.24) is 10.6 Å². The number of piperidine rings is 1. The van der Waals surface area contributed by atoms with Crippen LogP contribution in [0.4, 0.5) is 0 Å². The van der Waals surface area contributed by atoms with Crippen LogP contribution in [0.2, 0.25) is 0 Å². The quantitative estimate of drug-likeness (QED) is 0.739. The van der Waals surface area contributed by atoms with Crippen LogP contribution >= 0.6 is 0 Å². The molecule has 0 saturated carbocycles. The second-order valence-corrected chi connectivity index (χ2v) is 4.73. The Morgan fingerprint density at radius 1 is 1.62 bits per heavy atom. The van der Waals surface area contributed by atoms with Gasteiger partial charge in [0, 0.05) is 25.6 Å². The first kappa shape index (κ1) is 13.5. The first-order valence-corrected chi connectivity index (χ1v) is 6.17. The predicted molar refractivity (Wildman–Crippen MR) is 64.3 cm³/mol. The van der Waals surface area contributed by atoms with Gasteiger partial charge in [-0.05, 0) is 39.7 Å². The molecule has 2 N–H and O–H groups in total. The summed E-state index contributed by atoms with van der Waals surface area (Å²) in [7, 11) is 1.68. The lowest BCUT2D eigenvalue weighted by Gasteiger charge is -2.28. The van der Waals surface area contributed by atoms with Crippen molar-refractivity contribution in [3.05, 3.63) is 0 Å². The van der Waals surface area contributed by atoms with Gasteiger partial charge < -0.3 is 15.4 Å². The van der Waals surface area contributed by atoms with Crippen molar-refractivity contribution in [3.8, 4) is 0 Å². The van der Waals surface area contributed by atoms with Gasteiger partial charge in [-0.2, -0.15) is 0 Å². The number of rotatable bonds is 5. The van der Waals surface area contributed by atoms with Gasteiger partial charge in [-0.1, -0.05) is 0 Å². The second-order valence-electron chi connectivity index (χ2n) is 4.73. The Hall–Kier alpha value is -0.610. The molecular formula is C12H24N2O2. The fourth-order valence-corrected chi connectivity index (χ4v) is 2.02. The summed E-state index contributed by atoms with van der Waals surface area (Å²) < 4.78 is 5.12. The summed E-state index contributed by atoms with van der Waals surface area (Å²) in [5.74, 6) is 0.156. The van der Waals surface area contributed by atoms with E-state index >= 15 is 0 Å². The first-order chi connectivity index (χ1) is 7.61. The minimum absolute atomic E-state index is 0.156. The number of hydrogen-bond acceptors (Lipinski definition) is 3. The number of carbonyl (C=O) groups excluding carboxylic acids is 1. The molecule has 16 heavy (non-hydrogen) atoms. The van der Waals surface area contributed by atoms with E-state index in [1.807, 2.05) is 6.92 Å². The van der Waals surface area contributed by atoms with Crippen LogP contribution in [-0.4, -0.2) is 37.7 Å². The lowest BCUT2D eigenvalue weighted by Crippen LogP contribution is -2.46. The highest BCUT2D eigenvalue weighted by molar-refractivity contribution is 5.76. The highest BCUT2D eigenvalue weighted by Gasteiger charge is 2.19. The minimum atomic E-state index is 0.156. The summed E-state index contributed by atoms with van der Waals surface area (Å²) in [5.41, 5.74) is 0. The van der Waals surface area contributed by atoms with E-state index in [2.05, 4.69) is 17.6 Å². The molecule has 0 aromatic heterocycles. The van der Waals surface area contributed by atoms with Crippen LogP contribution in [-0.2, 0) is 9.53 Å². The lowest BCUT2D eigenvalue weighted by atomic mass is 10.0.